The average molecular weight is 766 g/mol. The van der Waals surface area contributed by atoms with Crippen molar-refractivity contribution in [1.29, 1.82) is 0 Å². The second-order valence-corrected chi connectivity index (χ2v) is 19.0. The van der Waals surface area contributed by atoms with Gasteiger partial charge in [-0.05, 0) is 89.8 Å². The van der Waals surface area contributed by atoms with E-state index in [1.165, 1.54) is 4.90 Å². The van der Waals surface area contributed by atoms with Gasteiger partial charge in [-0.1, -0.05) is 31.6 Å². The summed E-state index contributed by atoms with van der Waals surface area (Å²) in [5.74, 6) is -1.54. The summed E-state index contributed by atoms with van der Waals surface area (Å²) in [6, 6.07) is 3.64. The van der Waals surface area contributed by atoms with E-state index in [1.807, 2.05) is 37.3 Å². The van der Waals surface area contributed by atoms with Gasteiger partial charge in [0.15, 0.2) is 0 Å². The molecule has 0 radical (unpaired) electrons. The highest BCUT2D eigenvalue weighted by molar-refractivity contribution is 7.91. The number of rotatable bonds is 6. The number of aromatic nitrogens is 1. The number of ether oxygens (including phenoxy) is 3. The van der Waals surface area contributed by atoms with Crippen LogP contribution < -0.4 is 24.8 Å². The summed E-state index contributed by atoms with van der Waals surface area (Å²) in [4.78, 5) is 62.1. The summed E-state index contributed by atoms with van der Waals surface area (Å²) >= 11 is 0. The predicted octanol–water partition coefficient (Wildman–Crippen LogP) is 4.05. The molecule has 292 valence electrons. The average Bonchev–Trinajstić information content (AvgIpc) is 3.87. The van der Waals surface area contributed by atoms with E-state index in [2.05, 4.69) is 20.3 Å². The molecule has 1 aromatic heterocycles. The number of nitrogens with zero attached hydrogens (tertiary/aromatic N) is 2. The maximum absolute atomic E-state index is 14.7. The van der Waals surface area contributed by atoms with Crippen LogP contribution in [0.15, 0.2) is 36.5 Å². The summed E-state index contributed by atoms with van der Waals surface area (Å²) in [6.07, 6.45) is 8.81. The normalized spacial score (nSPS) is 29.9. The van der Waals surface area contributed by atoms with E-state index < -0.39 is 73.8 Å². The van der Waals surface area contributed by atoms with Crippen LogP contribution in [0, 0.1) is 11.8 Å². The number of benzene rings is 1. The van der Waals surface area contributed by atoms with E-state index in [-0.39, 0.29) is 25.3 Å². The highest BCUT2D eigenvalue weighted by atomic mass is 32.2. The van der Waals surface area contributed by atoms with Crippen molar-refractivity contribution in [3.8, 4) is 11.6 Å². The Kier molecular flexibility index (Phi) is 9.84. The van der Waals surface area contributed by atoms with Gasteiger partial charge in [-0.3, -0.25) is 19.1 Å². The summed E-state index contributed by atoms with van der Waals surface area (Å²) in [5, 5.41) is 7.28. The number of sulfonamides is 1. The molecule has 6 atom stereocenters. The van der Waals surface area contributed by atoms with Gasteiger partial charge in [0.1, 0.15) is 35.1 Å². The molecule has 3 aliphatic heterocycles. The lowest BCUT2D eigenvalue weighted by atomic mass is 9.93. The second-order valence-electron chi connectivity index (χ2n) is 16.8. The molecule has 7 rings (SSSR count). The molecule has 0 bridgehead atoms. The van der Waals surface area contributed by atoms with Gasteiger partial charge in [-0.25, -0.2) is 18.2 Å². The molecule has 2 saturated carbocycles. The second kappa shape index (κ2) is 14.0. The molecule has 15 heteroatoms. The molecule has 5 aliphatic rings. The van der Waals surface area contributed by atoms with Gasteiger partial charge in [0.25, 0.3) is 5.91 Å². The van der Waals surface area contributed by atoms with Crippen LogP contribution in [0.5, 0.6) is 11.6 Å². The van der Waals surface area contributed by atoms with Gasteiger partial charge >= 0.3 is 6.09 Å². The summed E-state index contributed by atoms with van der Waals surface area (Å²) in [6.45, 7) is 9.27. The molecule has 54 heavy (non-hydrogen) atoms. The number of hydrogen-bond donors (Lipinski definition) is 3. The Morgan fingerprint density at radius 3 is 2.63 bits per heavy atom. The first-order valence-corrected chi connectivity index (χ1v) is 20.5. The number of amides is 4. The lowest BCUT2D eigenvalue weighted by Gasteiger charge is -2.32. The number of carbonyl (C=O) groups is 4. The topological polar surface area (TPSA) is 182 Å². The van der Waals surface area contributed by atoms with Crippen molar-refractivity contribution in [3.63, 3.8) is 0 Å². The van der Waals surface area contributed by atoms with Crippen LogP contribution in [0.25, 0.3) is 10.8 Å². The van der Waals surface area contributed by atoms with Gasteiger partial charge in [0.05, 0.1) is 17.9 Å². The lowest BCUT2D eigenvalue weighted by Crippen LogP contribution is -2.59. The van der Waals surface area contributed by atoms with Crippen molar-refractivity contribution in [1.82, 2.24) is 25.2 Å². The third kappa shape index (κ3) is 7.47. The Balaban J connectivity index is 1.21. The Hall–Kier alpha value is -4.40. The third-order valence-electron chi connectivity index (χ3n) is 11.4. The van der Waals surface area contributed by atoms with Crippen LogP contribution in [0.3, 0.4) is 0 Å². The highest BCUT2D eigenvalue weighted by Gasteiger charge is 2.63. The van der Waals surface area contributed by atoms with E-state index in [9.17, 15) is 27.6 Å². The minimum absolute atomic E-state index is 0.00902. The van der Waals surface area contributed by atoms with Crippen LogP contribution in [0.2, 0.25) is 0 Å². The molecule has 4 heterocycles. The molecule has 2 aromatic rings. The SMILES string of the molecule is C[C@@H]1CCCC/C=C\[C@@H]2C[C@@]2(C(=O)NS(=O)(=O)C2(C)CC2)NC(=O)[C@@H]2C[C@@H](Oc3nccc4c5c(ccc34)CCO5)CN2C(=O)[C@H]1NC(=O)OC(C)(C)C. The fourth-order valence-corrected chi connectivity index (χ4v) is 9.10. The van der Waals surface area contributed by atoms with Crippen molar-refractivity contribution in [2.75, 3.05) is 13.2 Å². The largest absolute Gasteiger partial charge is 0.492 e. The molecule has 1 saturated heterocycles. The van der Waals surface area contributed by atoms with Crippen LogP contribution >= 0.6 is 0 Å². The molecule has 0 unspecified atom stereocenters. The number of pyridine rings is 1. The summed E-state index contributed by atoms with van der Waals surface area (Å²) in [5.41, 5.74) is -1.23. The first-order valence-electron chi connectivity index (χ1n) is 19.1. The Labute approximate surface area is 316 Å². The van der Waals surface area contributed by atoms with Crippen LogP contribution in [-0.4, -0.2) is 89.3 Å². The van der Waals surface area contributed by atoms with Crippen molar-refractivity contribution in [2.45, 2.75) is 126 Å². The maximum atomic E-state index is 14.7. The van der Waals surface area contributed by atoms with E-state index >= 15 is 0 Å². The Morgan fingerprint density at radius 1 is 1.11 bits per heavy atom. The number of allylic oxidation sites excluding steroid dienone is 1. The molecule has 3 fully saturated rings. The smallest absolute Gasteiger partial charge is 0.408 e. The quantitative estimate of drug-likeness (QED) is 0.363. The number of fused-ring (bicyclic) bond motifs is 5. The standard InChI is InChI=1S/C39H51N5O9S/c1-23-10-8-6-7-9-11-25-21-39(25,35(47)43-54(49,50)38(5)16-17-38)42-32(45)29-20-26(22-44(29)34(46)30(23)41-36(48)53-37(2,3)4)52-33-28-13-12-24-15-19-51-31(24)27(28)14-18-40-33/h9,11-14,18,23,25-26,29-30H,6-8,10,15-17,19-22H2,1-5H3,(H,41,48)(H,42,45)(H,43,47)/b11-9-/t23-,25-,26-,29+,30+,39-/m1/s1. The van der Waals surface area contributed by atoms with Gasteiger partial charge in [-0.15, -0.1) is 0 Å². The number of nitrogens with one attached hydrogen (secondary N) is 3. The third-order valence-corrected chi connectivity index (χ3v) is 13.6. The van der Waals surface area contributed by atoms with E-state index in [4.69, 9.17) is 14.2 Å². The van der Waals surface area contributed by atoms with Crippen molar-refractivity contribution >= 4 is 44.6 Å². The fourth-order valence-electron chi connectivity index (χ4n) is 7.79. The number of alkyl carbamates (subject to hydrolysis) is 1. The Bertz CT molecular complexity index is 1990. The first kappa shape index (κ1) is 37.9. The van der Waals surface area contributed by atoms with Crippen LogP contribution in [0.1, 0.15) is 91.5 Å². The summed E-state index contributed by atoms with van der Waals surface area (Å²) < 4.78 is 45.5. The predicted molar refractivity (Wildman–Crippen MR) is 199 cm³/mol. The number of hydrogen-bond acceptors (Lipinski definition) is 10. The van der Waals surface area contributed by atoms with E-state index in [0.29, 0.717) is 38.2 Å². The monoisotopic (exact) mass is 765 g/mol. The molecule has 14 nitrogen and oxygen atoms in total. The molecule has 2 aliphatic carbocycles. The van der Waals surface area contributed by atoms with Gasteiger partial charge in [-0.2, -0.15) is 0 Å². The lowest BCUT2D eigenvalue weighted by molar-refractivity contribution is -0.142. The zero-order valence-electron chi connectivity index (χ0n) is 31.6. The number of carbonyl (C=O) groups excluding carboxylic acids is 4. The van der Waals surface area contributed by atoms with Gasteiger partial charge in [0, 0.05) is 35.7 Å². The molecular weight excluding hydrogens is 715 g/mol. The van der Waals surface area contributed by atoms with Gasteiger partial charge < -0.3 is 29.7 Å². The van der Waals surface area contributed by atoms with E-state index in [1.54, 1.807) is 33.9 Å². The molecular formula is C39H51N5O9S. The van der Waals surface area contributed by atoms with Crippen molar-refractivity contribution in [2.24, 2.45) is 11.8 Å². The molecule has 1 aromatic carbocycles. The first-order chi connectivity index (χ1) is 25.5. The summed E-state index contributed by atoms with van der Waals surface area (Å²) in [7, 11) is -3.99. The minimum Gasteiger partial charge on any atom is -0.492 e. The van der Waals surface area contributed by atoms with Gasteiger partial charge in [0.2, 0.25) is 27.7 Å². The fraction of sp³-hybridized carbons (Fsp3) is 0.615. The van der Waals surface area contributed by atoms with Crippen LogP contribution in [0.4, 0.5) is 4.79 Å². The minimum atomic E-state index is -3.99. The van der Waals surface area contributed by atoms with E-state index in [0.717, 1.165) is 41.3 Å². The Morgan fingerprint density at radius 2 is 1.89 bits per heavy atom. The molecule has 3 N–H and O–H groups in total. The maximum Gasteiger partial charge on any atom is 0.408 e. The molecule has 4 amide bonds. The van der Waals surface area contributed by atoms with Crippen molar-refractivity contribution in [3.05, 3.63) is 42.1 Å². The van der Waals surface area contributed by atoms with Crippen molar-refractivity contribution < 1.29 is 41.8 Å². The van der Waals surface area contributed by atoms with Crippen LogP contribution in [-0.2, 0) is 35.6 Å². The zero-order chi connectivity index (χ0) is 38.6. The zero-order valence-corrected chi connectivity index (χ0v) is 32.4. The highest BCUT2D eigenvalue weighted by Crippen LogP contribution is 2.48. The molecule has 0 spiro atoms.